The first-order valence-corrected chi connectivity index (χ1v) is 6.23. The highest BCUT2D eigenvalue weighted by Crippen LogP contribution is 2.63. The van der Waals surface area contributed by atoms with Crippen molar-refractivity contribution < 1.29 is 0 Å². The van der Waals surface area contributed by atoms with E-state index in [1.165, 1.54) is 0 Å². The van der Waals surface area contributed by atoms with Gasteiger partial charge in [0.15, 0.2) is 0 Å². The van der Waals surface area contributed by atoms with Crippen molar-refractivity contribution in [1.29, 1.82) is 0 Å². The molecule has 17 heavy (non-hydrogen) atoms. The molecule has 0 unspecified atom stereocenters. The zero-order valence-electron chi connectivity index (χ0n) is 11.3. The summed E-state index contributed by atoms with van der Waals surface area (Å²) in [6.45, 7) is 12.0. The van der Waals surface area contributed by atoms with E-state index in [9.17, 15) is 0 Å². The van der Waals surface area contributed by atoms with Gasteiger partial charge >= 0.3 is 0 Å². The van der Waals surface area contributed by atoms with E-state index in [0.29, 0.717) is 22.8 Å². The first kappa shape index (κ1) is 12.1. The molecule has 1 heterocycles. The lowest BCUT2D eigenvalue weighted by molar-refractivity contribution is 0.457. The summed E-state index contributed by atoms with van der Waals surface area (Å²) in [4.78, 5) is 8.61. The van der Waals surface area contributed by atoms with E-state index in [-0.39, 0.29) is 0 Å². The van der Waals surface area contributed by atoms with Crippen LogP contribution in [0.15, 0.2) is 12.3 Å². The van der Waals surface area contributed by atoms with Crippen molar-refractivity contribution in [1.82, 2.24) is 9.97 Å². The number of anilines is 2. The fourth-order valence-electron chi connectivity index (χ4n) is 2.39. The van der Waals surface area contributed by atoms with Crippen LogP contribution in [-0.2, 0) is 0 Å². The van der Waals surface area contributed by atoms with Crippen LogP contribution in [0.3, 0.4) is 0 Å². The summed E-state index contributed by atoms with van der Waals surface area (Å²) in [5.74, 6) is 1.59. The summed E-state index contributed by atoms with van der Waals surface area (Å²) >= 11 is 0. The highest BCUT2D eigenvalue weighted by Gasteiger charge is 2.65. The summed E-state index contributed by atoms with van der Waals surface area (Å²) in [7, 11) is 0. The molecule has 1 aliphatic carbocycles. The number of hydrogen-bond donors (Lipinski definition) is 2. The van der Waals surface area contributed by atoms with E-state index >= 15 is 0 Å². The standard InChI is InChI=1S/C13H22N4/c1-6-14-11-15-8-7-9(17-11)16-10-12(2,3)13(10,4)5/h7-8,10H,6H2,1-5H3,(H2,14,15,16,17). The molecular formula is C13H22N4. The van der Waals surface area contributed by atoms with Crippen LogP contribution in [0.1, 0.15) is 34.6 Å². The Kier molecular flexibility index (Phi) is 2.76. The molecule has 94 valence electrons. The van der Waals surface area contributed by atoms with Gasteiger partial charge in [-0.3, -0.25) is 0 Å². The van der Waals surface area contributed by atoms with E-state index < -0.39 is 0 Å². The van der Waals surface area contributed by atoms with Gasteiger partial charge in [0.25, 0.3) is 0 Å². The molecule has 1 aromatic rings. The van der Waals surface area contributed by atoms with E-state index in [1.807, 2.05) is 13.0 Å². The molecule has 0 atom stereocenters. The van der Waals surface area contributed by atoms with Crippen molar-refractivity contribution in [3.63, 3.8) is 0 Å². The van der Waals surface area contributed by atoms with Crippen LogP contribution in [0.5, 0.6) is 0 Å². The minimum absolute atomic E-state index is 0.316. The van der Waals surface area contributed by atoms with Gasteiger partial charge in [-0.15, -0.1) is 0 Å². The minimum atomic E-state index is 0.316. The molecular weight excluding hydrogens is 212 g/mol. The average molecular weight is 234 g/mol. The third-order valence-electron chi connectivity index (χ3n) is 4.30. The van der Waals surface area contributed by atoms with Gasteiger partial charge in [-0.1, -0.05) is 27.7 Å². The lowest BCUT2D eigenvalue weighted by Gasteiger charge is -2.08. The molecule has 1 aliphatic rings. The van der Waals surface area contributed by atoms with Gasteiger partial charge in [-0.2, -0.15) is 4.98 Å². The largest absolute Gasteiger partial charge is 0.366 e. The summed E-state index contributed by atoms with van der Waals surface area (Å²) in [5.41, 5.74) is 0.632. The van der Waals surface area contributed by atoms with E-state index in [0.717, 1.165) is 12.4 Å². The van der Waals surface area contributed by atoms with Gasteiger partial charge in [0, 0.05) is 18.8 Å². The molecule has 0 amide bonds. The van der Waals surface area contributed by atoms with Gasteiger partial charge in [-0.05, 0) is 23.8 Å². The molecule has 0 aliphatic heterocycles. The maximum Gasteiger partial charge on any atom is 0.224 e. The first-order valence-electron chi connectivity index (χ1n) is 6.23. The number of hydrogen-bond acceptors (Lipinski definition) is 4. The smallest absolute Gasteiger partial charge is 0.224 e. The minimum Gasteiger partial charge on any atom is -0.366 e. The molecule has 2 N–H and O–H groups in total. The Bertz CT molecular complexity index is 398. The Labute approximate surface area is 103 Å². The molecule has 4 heteroatoms. The van der Waals surface area contributed by atoms with Crippen LogP contribution in [-0.4, -0.2) is 22.6 Å². The molecule has 0 aromatic carbocycles. The molecule has 0 radical (unpaired) electrons. The lowest BCUT2D eigenvalue weighted by atomic mass is 10.0. The van der Waals surface area contributed by atoms with Crippen molar-refractivity contribution in [2.45, 2.75) is 40.7 Å². The van der Waals surface area contributed by atoms with Crippen LogP contribution < -0.4 is 10.6 Å². The molecule has 4 nitrogen and oxygen atoms in total. The van der Waals surface area contributed by atoms with E-state index in [1.54, 1.807) is 6.20 Å². The predicted molar refractivity (Wildman–Crippen MR) is 71.2 cm³/mol. The maximum atomic E-state index is 4.44. The summed E-state index contributed by atoms with van der Waals surface area (Å²) in [6, 6.07) is 2.39. The molecule has 1 saturated carbocycles. The third kappa shape index (κ3) is 1.96. The van der Waals surface area contributed by atoms with Crippen molar-refractivity contribution in [2.75, 3.05) is 17.2 Å². The monoisotopic (exact) mass is 234 g/mol. The molecule has 0 spiro atoms. The Balaban J connectivity index is 2.08. The molecule has 0 saturated heterocycles. The predicted octanol–water partition coefficient (Wildman–Crippen LogP) is 2.75. The van der Waals surface area contributed by atoms with Gasteiger partial charge in [0.2, 0.25) is 5.95 Å². The highest BCUT2D eigenvalue weighted by atomic mass is 15.2. The Morgan fingerprint density at radius 2 is 1.88 bits per heavy atom. The number of aromatic nitrogens is 2. The fourth-order valence-corrected chi connectivity index (χ4v) is 2.39. The van der Waals surface area contributed by atoms with Crippen molar-refractivity contribution >= 4 is 11.8 Å². The van der Waals surface area contributed by atoms with Crippen molar-refractivity contribution in [2.24, 2.45) is 10.8 Å². The summed E-state index contributed by atoms with van der Waals surface area (Å²) < 4.78 is 0. The van der Waals surface area contributed by atoms with Crippen LogP contribution in [0.4, 0.5) is 11.8 Å². The van der Waals surface area contributed by atoms with Gasteiger partial charge < -0.3 is 10.6 Å². The molecule has 0 bridgehead atoms. The Hall–Kier alpha value is -1.32. The van der Waals surface area contributed by atoms with Gasteiger partial charge in [0.1, 0.15) is 5.82 Å². The van der Waals surface area contributed by atoms with E-state index in [4.69, 9.17) is 0 Å². The topological polar surface area (TPSA) is 49.8 Å². The number of nitrogens with one attached hydrogen (secondary N) is 2. The fraction of sp³-hybridized carbons (Fsp3) is 0.692. The molecule has 2 rings (SSSR count). The van der Waals surface area contributed by atoms with Crippen LogP contribution in [0, 0.1) is 10.8 Å². The average Bonchev–Trinajstić information content (AvgIpc) is 2.62. The zero-order chi connectivity index (χ0) is 12.7. The second-order valence-electron chi connectivity index (χ2n) is 5.82. The number of rotatable bonds is 4. The second kappa shape index (κ2) is 3.86. The van der Waals surface area contributed by atoms with Crippen molar-refractivity contribution in [3.05, 3.63) is 12.3 Å². The van der Waals surface area contributed by atoms with Gasteiger partial charge in [-0.25, -0.2) is 4.98 Å². The van der Waals surface area contributed by atoms with Crippen LogP contribution >= 0.6 is 0 Å². The van der Waals surface area contributed by atoms with Crippen LogP contribution in [0.25, 0.3) is 0 Å². The third-order valence-corrected chi connectivity index (χ3v) is 4.30. The highest BCUT2D eigenvalue weighted by molar-refractivity contribution is 5.44. The normalized spacial score (nSPS) is 21.0. The summed E-state index contributed by atoms with van der Waals surface area (Å²) in [6.07, 6.45) is 1.79. The Morgan fingerprint density at radius 1 is 1.24 bits per heavy atom. The Morgan fingerprint density at radius 3 is 2.41 bits per heavy atom. The SMILES string of the molecule is CCNc1nccc(NC2C(C)(C)C2(C)C)n1. The quantitative estimate of drug-likeness (QED) is 0.841. The number of nitrogens with zero attached hydrogens (tertiary/aromatic N) is 2. The lowest BCUT2D eigenvalue weighted by Crippen LogP contribution is -2.12. The van der Waals surface area contributed by atoms with Gasteiger partial charge in [0.05, 0.1) is 0 Å². The first-order chi connectivity index (χ1) is 7.89. The zero-order valence-corrected chi connectivity index (χ0v) is 11.3. The second-order valence-corrected chi connectivity index (χ2v) is 5.82. The van der Waals surface area contributed by atoms with Crippen molar-refractivity contribution in [3.8, 4) is 0 Å². The van der Waals surface area contributed by atoms with Crippen LogP contribution in [0.2, 0.25) is 0 Å². The van der Waals surface area contributed by atoms with E-state index in [2.05, 4.69) is 48.3 Å². The summed E-state index contributed by atoms with van der Waals surface area (Å²) in [5, 5.41) is 6.62. The maximum absolute atomic E-state index is 4.44. The molecule has 1 aromatic heterocycles. The molecule has 1 fully saturated rings.